The highest BCUT2D eigenvalue weighted by molar-refractivity contribution is 5.88. The van der Waals surface area contributed by atoms with Crippen LogP contribution < -0.4 is 10.1 Å². The van der Waals surface area contributed by atoms with Gasteiger partial charge in [0, 0.05) is 22.8 Å². The second-order valence-electron chi connectivity index (χ2n) is 7.25. The Morgan fingerprint density at radius 2 is 1.88 bits per heavy atom. The minimum absolute atomic E-state index is 0.507. The van der Waals surface area contributed by atoms with Gasteiger partial charge in [0.15, 0.2) is 11.5 Å². The molecule has 0 unspecified atom stereocenters. The second-order valence-corrected chi connectivity index (χ2v) is 7.25. The smallest absolute Gasteiger partial charge is 0.246 e. The fraction of sp³-hybridized carbons (Fsp3) is 0.0400. The van der Waals surface area contributed by atoms with E-state index in [1.54, 1.807) is 18.3 Å². The number of aryl methyl sites for hydroxylation is 1. The third-order valence-corrected chi connectivity index (χ3v) is 4.93. The van der Waals surface area contributed by atoms with E-state index in [0.29, 0.717) is 29.0 Å². The third kappa shape index (κ3) is 3.98. The molecule has 154 valence electrons. The Morgan fingerprint density at radius 3 is 2.69 bits per heavy atom. The molecule has 0 saturated carbocycles. The van der Waals surface area contributed by atoms with Gasteiger partial charge in [-0.15, -0.1) is 5.10 Å². The maximum absolute atomic E-state index is 7.16. The summed E-state index contributed by atoms with van der Waals surface area (Å²) in [6, 6.07) is 22.8. The molecule has 32 heavy (non-hydrogen) atoms. The van der Waals surface area contributed by atoms with Crippen LogP contribution in [0.5, 0.6) is 11.5 Å². The number of pyridine rings is 1. The molecule has 0 bridgehead atoms. The summed E-state index contributed by atoms with van der Waals surface area (Å²) in [6.07, 6.45) is 1.68. The quantitative estimate of drug-likeness (QED) is 0.322. The molecule has 5 aromatic rings. The Balaban J connectivity index is 1.34. The molecule has 0 aliphatic heterocycles. The molecule has 5 rings (SSSR count). The van der Waals surface area contributed by atoms with Crippen molar-refractivity contribution in [2.75, 3.05) is 5.32 Å². The Kier molecular flexibility index (Phi) is 4.94. The van der Waals surface area contributed by atoms with Crippen molar-refractivity contribution < 1.29 is 4.74 Å². The average molecular weight is 418 g/mol. The SMILES string of the molecule is [C-]#[N+]c1ccc2c(Oc3ccc(-c4nc(Nc5cccc(C)c5)n[nH]4)cc3)ccnc2c1. The van der Waals surface area contributed by atoms with Gasteiger partial charge in [0.25, 0.3) is 0 Å². The van der Waals surface area contributed by atoms with Crippen molar-refractivity contribution in [2.45, 2.75) is 6.92 Å². The lowest BCUT2D eigenvalue weighted by Crippen LogP contribution is -1.92. The number of nitrogens with one attached hydrogen (secondary N) is 2. The lowest BCUT2D eigenvalue weighted by atomic mass is 10.2. The molecule has 0 aliphatic carbocycles. The molecular weight excluding hydrogens is 400 g/mol. The maximum Gasteiger partial charge on any atom is 0.246 e. The van der Waals surface area contributed by atoms with Crippen molar-refractivity contribution in [1.82, 2.24) is 20.2 Å². The number of aromatic nitrogens is 4. The number of H-pyrrole nitrogens is 1. The minimum Gasteiger partial charge on any atom is -0.457 e. The zero-order valence-electron chi connectivity index (χ0n) is 17.2. The number of anilines is 2. The van der Waals surface area contributed by atoms with Crippen molar-refractivity contribution in [2.24, 2.45) is 0 Å². The summed E-state index contributed by atoms with van der Waals surface area (Å²) in [6.45, 7) is 9.20. The van der Waals surface area contributed by atoms with Crippen LogP contribution in [0.25, 0.3) is 27.1 Å². The van der Waals surface area contributed by atoms with Gasteiger partial charge in [-0.05, 0) is 61.0 Å². The maximum atomic E-state index is 7.16. The number of aromatic amines is 1. The zero-order valence-corrected chi connectivity index (χ0v) is 17.2. The van der Waals surface area contributed by atoms with Crippen molar-refractivity contribution in [3.8, 4) is 22.9 Å². The number of nitrogens with zero attached hydrogens (tertiary/aromatic N) is 4. The number of benzene rings is 3. The molecule has 0 fully saturated rings. The number of ether oxygens (including phenoxy) is 1. The van der Waals surface area contributed by atoms with Gasteiger partial charge < -0.3 is 10.1 Å². The monoisotopic (exact) mass is 418 g/mol. The summed E-state index contributed by atoms with van der Waals surface area (Å²) in [4.78, 5) is 12.3. The molecule has 0 radical (unpaired) electrons. The first kappa shape index (κ1) is 19.3. The van der Waals surface area contributed by atoms with E-state index in [0.717, 1.165) is 27.7 Å². The van der Waals surface area contributed by atoms with Crippen molar-refractivity contribution in [1.29, 1.82) is 0 Å². The molecule has 2 aromatic heterocycles. The van der Waals surface area contributed by atoms with Crippen molar-refractivity contribution in [3.05, 3.63) is 96.0 Å². The molecule has 2 N–H and O–H groups in total. The van der Waals surface area contributed by atoms with E-state index < -0.39 is 0 Å². The van der Waals surface area contributed by atoms with Crippen LogP contribution in [0.4, 0.5) is 17.3 Å². The predicted octanol–water partition coefficient (Wildman–Crippen LogP) is 6.42. The Bertz CT molecular complexity index is 1450. The summed E-state index contributed by atoms with van der Waals surface area (Å²) >= 11 is 0. The summed E-state index contributed by atoms with van der Waals surface area (Å²) in [5.41, 5.74) is 4.27. The van der Waals surface area contributed by atoms with Crippen LogP contribution >= 0.6 is 0 Å². The lowest BCUT2D eigenvalue weighted by Gasteiger charge is -2.09. The Labute approximate surface area is 184 Å². The summed E-state index contributed by atoms with van der Waals surface area (Å²) < 4.78 is 6.08. The Morgan fingerprint density at radius 1 is 1.00 bits per heavy atom. The van der Waals surface area contributed by atoms with E-state index in [1.807, 2.05) is 67.6 Å². The highest BCUT2D eigenvalue weighted by Gasteiger charge is 2.09. The van der Waals surface area contributed by atoms with Crippen LogP contribution in [0.1, 0.15) is 5.56 Å². The van der Waals surface area contributed by atoms with Crippen LogP contribution in [0.2, 0.25) is 0 Å². The number of hydrogen-bond donors (Lipinski definition) is 2. The van der Waals surface area contributed by atoms with Crippen molar-refractivity contribution >= 4 is 28.2 Å². The number of fused-ring (bicyclic) bond motifs is 1. The van der Waals surface area contributed by atoms with Gasteiger partial charge in [-0.25, -0.2) is 4.85 Å². The standard InChI is InChI=1S/C25H18N6O/c1-16-4-3-5-19(14-16)28-25-29-24(30-31-25)17-6-9-20(10-7-17)32-23-12-13-27-22-15-18(26-2)8-11-21(22)23/h3-15H,1H3,(H2,28,29,30,31). The van der Waals surface area contributed by atoms with E-state index in [2.05, 4.69) is 30.3 Å². The fourth-order valence-corrected chi connectivity index (χ4v) is 3.38. The second kappa shape index (κ2) is 8.20. The molecule has 0 saturated heterocycles. The van der Waals surface area contributed by atoms with Gasteiger partial charge in [0.2, 0.25) is 5.95 Å². The molecular formula is C25H18N6O. The topological polar surface area (TPSA) is 80.1 Å². The normalized spacial score (nSPS) is 10.6. The third-order valence-electron chi connectivity index (χ3n) is 4.93. The number of hydrogen-bond acceptors (Lipinski definition) is 5. The molecule has 0 spiro atoms. The van der Waals surface area contributed by atoms with E-state index in [4.69, 9.17) is 11.3 Å². The van der Waals surface area contributed by atoms with E-state index in [-0.39, 0.29) is 0 Å². The first-order chi connectivity index (χ1) is 15.7. The zero-order chi connectivity index (χ0) is 21.9. The van der Waals surface area contributed by atoms with Crippen LogP contribution in [-0.4, -0.2) is 20.2 Å². The molecule has 0 atom stereocenters. The summed E-state index contributed by atoms with van der Waals surface area (Å²) in [5.74, 6) is 2.54. The van der Waals surface area contributed by atoms with E-state index in [1.165, 1.54) is 0 Å². The minimum atomic E-state index is 0.507. The van der Waals surface area contributed by atoms with Crippen LogP contribution in [0.15, 0.2) is 79.0 Å². The van der Waals surface area contributed by atoms with Gasteiger partial charge >= 0.3 is 0 Å². The molecule has 2 heterocycles. The van der Waals surface area contributed by atoms with Crippen molar-refractivity contribution in [3.63, 3.8) is 0 Å². The summed E-state index contributed by atoms with van der Waals surface area (Å²) in [7, 11) is 0. The van der Waals surface area contributed by atoms with Gasteiger partial charge in [-0.2, -0.15) is 4.98 Å². The van der Waals surface area contributed by atoms with Gasteiger partial charge in [0.1, 0.15) is 11.5 Å². The summed E-state index contributed by atoms with van der Waals surface area (Å²) in [5, 5.41) is 11.3. The van der Waals surface area contributed by atoms with Crippen LogP contribution in [-0.2, 0) is 0 Å². The highest BCUT2D eigenvalue weighted by Crippen LogP contribution is 2.31. The lowest BCUT2D eigenvalue weighted by molar-refractivity contribution is 0.488. The predicted molar refractivity (Wildman–Crippen MR) is 124 cm³/mol. The van der Waals surface area contributed by atoms with Gasteiger partial charge in [0.05, 0.1) is 12.1 Å². The number of rotatable bonds is 5. The van der Waals surface area contributed by atoms with Gasteiger partial charge in [-0.1, -0.05) is 24.3 Å². The average Bonchev–Trinajstić information content (AvgIpc) is 3.28. The molecule has 7 nitrogen and oxygen atoms in total. The molecule has 0 aliphatic rings. The first-order valence-corrected chi connectivity index (χ1v) is 9.98. The van der Waals surface area contributed by atoms with Gasteiger partial charge in [-0.3, -0.25) is 10.1 Å². The molecule has 7 heteroatoms. The van der Waals surface area contributed by atoms with Crippen LogP contribution in [0, 0.1) is 13.5 Å². The molecule has 3 aromatic carbocycles. The van der Waals surface area contributed by atoms with E-state index >= 15 is 0 Å². The molecule has 0 amide bonds. The fourth-order valence-electron chi connectivity index (χ4n) is 3.38. The first-order valence-electron chi connectivity index (χ1n) is 9.98. The van der Waals surface area contributed by atoms with Crippen LogP contribution in [0.3, 0.4) is 0 Å². The largest absolute Gasteiger partial charge is 0.457 e. The van der Waals surface area contributed by atoms with E-state index in [9.17, 15) is 0 Å². The Hall–Kier alpha value is -4.70. The highest BCUT2D eigenvalue weighted by atomic mass is 16.5.